The number of benzene rings is 1. The van der Waals surface area contributed by atoms with Crippen molar-refractivity contribution in [1.29, 1.82) is 0 Å². The van der Waals surface area contributed by atoms with E-state index < -0.39 is 28.0 Å². The van der Waals surface area contributed by atoms with Crippen LogP contribution in [0.4, 0.5) is 17.6 Å². The highest BCUT2D eigenvalue weighted by molar-refractivity contribution is 9.10. The lowest BCUT2D eigenvalue weighted by Crippen LogP contribution is -2.12. The first-order valence-electron chi connectivity index (χ1n) is 4.38. The number of carbonyl (C=O) groups is 1. The largest absolute Gasteiger partial charge is 0.469 e. The predicted molar refractivity (Wildman–Crippen MR) is 54.8 cm³/mol. The quantitative estimate of drug-likeness (QED) is 0.618. The summed E-state index contributed by atoms with van der Waals surface area (Å²) in [5, 5.41) is 0. The lowest BCUT2D eigenvalue weighted by molar-refractivity contribution is -0.142. The van der Waals surface area contributed by atoms with Crippen LogP contribution >= 0.6 is 15.9 Å². The van der Waals surface area contributed by atoms with E-state index in [0.717, 1.165) is 13.2 Å². The fourth-order valence-corrected chi connectivity index (χ4v) is 1.91. The van der Waals surface area contributed by atoms with Crippen molar-refractivity contribution in [2.45, 2.75) is 12.6 Å². The van der Waals surface area contributed by atoms with Gasteiger partial charge in [0.25, 0.3) is 0 Å². The highest BCUT2D eigenvalue weighted by atomic mass is 79.9. The third-order valence-electron chi connectivity index (χ3n) is 2.02. The second kappa shape index (κ2) is 5.03. The van der Waals surface area contributed by atoms with Gasteiger partial charge in [-0.25, -0.2) is 4.39 Å². The fraction of sp³-hybridized carbons (Fsp3) is 0.300. The number of hydrogen-bond acceptors (Lipinski definition) is 2. The summed E-state index contributed by atoms with van der Waals surface area (Å²) in [7, 11) is 1.12. The molecule has 2 nitrogen and oxygen atoms in total. The molecule has 94 valence electrons. The summed E-state index contributed by atoms with van der Waals surface area (Å²) in [5.41, 5.74) is -1.40. The number of halogens is 5. The van der Waals surface area contributed by atoms with E-state index in [1.54, 1.807) is 0 Å². The van der Waals surface area contributed by atoms with Crippen LogP contribution in [0.5, 0.6) is 0 Å². The molecule has 0 spiro atoms. The van der Waals surface area contributed by atoms with Gasteiger partial charge in [0.1, 0.15) is 11.4 Å². The molecule has 17 heavy (non-hydrogen) atoms. The molecule has 7 heteroatoms. The molecular weight excluding hydrogens is 308 g/mol. The van der Waals surface area contributed by atoms with E-state index in [-0.39, 0.29) is 12.0 Å². The number of methoxy groups -OCH3 is 1. The number of alkyl halides is 3. The molecule has 0 atom stereocenters. The Morgan fingerprint density at radius 2 is 2.00 bits per heavy atom. The van der Waals surface area contributed by atoms with E-state index in [1.165, 1.54) is 0 Å². The van der Waals surface area contributed by atoms with Gasteiger partial charge in [-0.1, -0.05) is 6.07 Å². The molecule has 0 unspecified atom stereocenters. The molecule has 0 N–H and O–H groups in total. The van der Waals surface area contributed by atoms with Crippen LogP contribution in [-0.4, -0.2) is 13.1 Å². The smallest absolute Gasteiger partial charge is 0.420 e. The van der Waals surface area contributed by atoms with Gasteiger partial charge in [0.05, 0.1) is 13.5 Å². The molecule has 0 radical (unpaired) electrons. The van der Waals surface area contributed by atoms with E-state index in [1.807, 2.05) is 0 Å². The summed E-state index contributed by atoms with van der Waals surface area (Å²) in [4.78, 5) is 11.0. The maximum Gasteiger partial charge on any atom is 0.420 e. The van der Waals surface area contributed by atoms with Gasteiger partial charge >= 0.3 is 12.1 Å². The van der Waals surface area contributed by atoms with E-state index in [4.69, 9.17) is 0 Å². The summed E-state index contributed by atoms with van der Waals surface area (Å²) in [6, 6.07) is 1.78. The van der Waals surface area contributed by atoms with Gasteiger partial charge in [-0.2, -0.15) is 13.2 Å². The lowest BCUT2D eigenvalue weighted by atomic mass is 10.1. The van der Waals surface area contributed by atoms with E-state index in [2.05, 4.69) is 20.7 Å². The Labute approximate surface area is 103 Å². The third kappa shape index (κ3) is 3.18. The van der Waals surface area contributed by atoms with Crippen molar-refractivity contribution in [1.82, 2.24) is 0 Å². The van der Waals surface area contributed by atoms with Crippen molar-refractivity contribution in [3.8, 4) is 0 Å². The van der Waals surface area contributed by atoms with Gasteiger partial charge in [0.2, 0.25) is 0 Å². The average molecular weight is 315 g/mol. The minimum absolute atomic E-state index is 0.0191. The molecule has 0 aliphatic heterocycles. The highest BCUT2D eigenvalue weighted by Gasteiger charge is 2.37. The molecule has 0 heterocycles. The van der Waals surface area contributed by atoms with Gasteiger partial charge in [0, 0.05) is 4.47 Å². The van der Waals surface area contributed by atoms with Gasteiger partial charge < -0.3 is 4.74 Å². The van der Waals surface area contributed by atoms with Crippen LogP contribution in [0.25, 0.3) is 0 Å². The topological polar surface area (TPSA) is 26.3 Å². The van der Waals surface area contributed by atoms with Crippen LogP contribution in [0.15, 0.2) is 16.6 Å². The zero-order valence-corrected chi connectivity index (χ0v) is 10.2. The van der Waals surface area contributed by atoms with Crippen LogP contribution in [0.1, 0.15) is 11.1 Å². The van der Waals surface area contributed by atoms with Crippen molar-refractivity contribution < 1.29 is 27.1 Å². The Bertz CT molecular complexity index is 443. The van der Waals surface area contributed by atoms with Gasteiger partial charge in [0.15, 0.2) is 0 Å². The normalized spacial score (nSPS) is 11.4. The minimum atomic E-state index is -4.82. The fourth-order valence-electron chi connectivity index (χ4n) is 1.22. The number of hydrogen-bond donors (Lipinski definition) is 0. The predicted octanol–water partition coefficient (Wildman–Crippen LogP) is 3.32. The summed E-state index contributed by atoms with van der Waals surface area (Å²) < 4.78 is 54.5. The van der Waals surface area contributed by atoms with Crippen LogP contribution < -0.4 is 0 Å². The van der Waals surface area contributed by atoms with Crippen molar-refractivity contribution in [3.63, 3.8) is 0 Å². The molecule has 1 aromatic carbocycles. The molecule has 0 bridgehead atoms. The Kier molecular flexibility index (Phi) is 4.13. The maximum absolute atomic E-state index is 13.1. The molecule has 0 amide bonds. The van der Waals surface area contributed by atoms with Gasteiger partial charge in [-0.3, -0.25) is 4.79 Å². The number of carbonyl (C=O) groups excluding carboxylic acids is 1. The Hall–Kier alpha value is -1.11. The Morgan fingerprint density at radius 1 is 1.41 bits per heavy atom. The second-order valence-electron chi connectivity index (χ2n) is 3.15. The lowest BCUT2D eigenvalue weighted by Gasteiger charge is -2.13. The van der Waals surface area contributed by atoms with Crippen molar-refractivity contribution >= 4 is 21.9 Å². The van der Waals surface area contributed by atoms with Gasteiger partial charge in [-0.05, 0) is 27.6 Å². The van der Waals surface area contributed by atoms with Crippen molar-refractivity contribution in [2.75, 3.05) is 7.11 Å². The number of esters is 1. The number of rotatable bonds is 2. The monoisotopic (exact) mass is 314 g/mol. The molecule has 0 aliphatic rings. The maximum atomic E-state index is 13.1. The zero-order valence-electron chi connectivity index (χ0n) is 8.57. The molecule has 0 aliphatic carbocycles. The number of ether oxygens (including phenoxy) is 1. The molecule has 0 saturated carbocycles. The van der Waals surface area contributed by atoms with Crippen LogP contribution in [0.3, 0.4) is 0 Å². The second-order valence-corrected chi connectivity index (χ2v) is 3.94. The molecule has 0 saturated heterocycles. The molecular formula is C10H7BrF4O2. The molecule has 1 aromatic rings. The van der Waals surface area contributed by atoms with Crippen LogP contribution in [0, 0.1) is 5.82 Å². The third-order valence-corrected chi connectivity index (χ3v) is 2.92. The molecule has 1 rings (SSSR count). The molecule has 0 aromatic heterocycles. The van der Waals surface area contributed by atoms with Gasteiger partial charge in [-0.15, -0.1) is 0 Å². The standard InChI is InChI=1S/C10H7BrF4O2/c1-17-7(16)4-5-2-3-6(12)8(9(5)11)10(13,14)15/h2-3H,4H2,1H3. The summed E-state index contributed by atoms with van der Waals surface area (Å²) in [5.74, 6) is -2.09. The first-order valence-corrected chi connectivity index (χ1v) is 5.17. The summed E-state index contributed by atoms with van der Waals surface area (Å²) in [6.45, 7) is 0. The van der Waals surface area contributed by atoms with E-state index in [9.17, 15) is 22.4 Å². The zero-order chi connectivity index (χ0) is 13.2. The summed E-state index contributed by atoms with van der Waals surface area (Å²) in [6.07, 6.45) is -5.19. The first kappa shape index (κ1) is 14.0. The average Bonchev–Trinajstić information content (AvgIpc) is 2.20. The highest BCUT2D eigenvalue weighted by Crippen LogP contribution is 2.38. The van der Waals surface area contributed by atoms with E-state index in [0.29, 0.717) is 6.07 Å². The Morgan fingerprint density at radius 3 is 2.47 bits per heavy atom. The Balaban J connectivity index is 3.24. The first-order chi connectivity index (χ1) is 7.77. The molecule has 0 fully saturated rings. The van der Waals surface area contributed by atoms with Crippen molar-refractivity contribution in [2.24, 2.45) is 0 Å². The summed E-state index contributed by atoms with van der Waals surface area (Å²) >= 11 is 2.66. The minimum Gasteiger partial charge on any atom is -0.469 e. The van der Waals surface area contributed by atoms with Crippen LogP contribution in [-0.2, 0) is 22.1 Å². The van der Waals surface area contributed by atoms with Crippen molar-refractivity contribution in [3.05, 3.63) is 33.5 Å². The van der Waals surface area contributed by atoms with Crippen LogP contribution in [0.2, 0.25) is 0 Å². The SMILES string of the molecule is COC(=O)Cc1ccc(F)c(C(F)(F)F)c1Br. The van der Waals surface area contributed by atoms with E-state index >= 15 is 0 Å².